The van der Waals surface area contributed by atoms with Crippen LogP contribution in [0.25, 0.3) is 0 Å². The van der Waals surface area contributed by atoms with Crippen molar-refractivity contribution in [2.75, 3.05) is 13.2 Å². The molecule has 0 aromatic carbocycles. The summed E-state index contributed by atoms with van der Waals surface area (Å²) in [5.74, 6) is -0.953. The standard InChI is InChI=1S/C61H102O6/c1-4-7-10-13-16-19-22-25-28-30-31-32-34-36-39-42-45-48-51-54-60(63)66-57-58(56-65-59(62)53-50-47-44-41-38-35-27-24-21-18-15-12-9-6-3)67-61(64)55-52-49-46-43-40-37-33-29-26-23-20-17-14-11-8-5-2/h7,9-10,12,16,18-19,21,25,27-29,33,35,37,40,58H,4-6,8,11,13-15,17,20,22-24,26,30-32,34,36,38-39,41-57H2,1-3H3/b10-7-,12-9-,19-16-,21-18-,28-25-,33-29-,35-27-,40-37-. The van der Waals surface area contributed by atoms with E-state index in [0.29, 0.717) is 12.8 Å². The zero-order chi connectivity index (χ0) is 48.6. The Balaban J connectivity index is 4.45. The first-order valence-corrected chi connectivity index (χ1v) is 27.8. The third kappa shape index (κ3) is 53.2. The molecule has 382 valence electrons. The first-order chi connectivity index (χ1) is 33.0. The molecule has 1 atom stereocenters. The number of esters is 3. The molecule has 0 spiro atoms. The lowest BCUT2D eigenvalue weighted by Gasteiger charge is -2.18. The number of hydrogen-bond donors (Lipinski definition) is 0. The molecule has 0 aliphatic heterocycles. The number of allylic oxidation sites excluding steroid dienone is 16. The second-order valence-electron chi connectivity index (χ2n) is 18.1. The van der Waals surface area contributed by atoms with E-state index in [1.165, 1.54) is 89.9 Å². The number of rotatable bonds is 49. The quantitative estimate of drug-likeness (QED) is 0.0199. The Morgan fingerprint density at radius 3 is 1.01 bits per heavy atom. The van der Waals surface area contributed by atoms with Crippen molar-refractivity contribution in [2.45, 2.75) is 258 Å². The smallest absolute Gasteiger partial charge is 0.306 e. The molecule has 0 aromatic rings. The number of carbonyl (C=O) groups excluding carboxylic acids is 3. The minimum Gasteiger partial charge on any atom is -0.462 e. The van der Waals surface area contributed by atoms with Crippen LogP contribution in [0.3, 0.4) is 0 Å². The van der Waals surface area contributed by atoms with Crippen molar-refractivity contribution in [3.63, 3.8) is 0 Å². The second kappa shape index (κ2) is 54.9. The van der Waals surface area contributed by atoms with Crippen molar-refractivity contribution in [1.82, 2.24) is 0 Å². The SMILES string of the molecule is CC/C=C\C/C=C\C/C=C\CCCCCCCCCCCC(=O)OCC(COC(=O)CCCCCC/C=C\C/C=C\C/C=C\CC)OC(=O)CCCCC/C=C\C=C/CCCCCCCCC. The molecule has 0 fully saturated rings. The van der Waals surface area contributed by atoms with Crippen molar-refractivity contribution in [3.8, 4) is 0 Å². The van der Waals surface area contributed by atoms with E-state index in [4.69, 9.17) is 14.2 Å². The van der Waals surface area contributed by atoms with E-state index >= 15 is 0 Å². The average molecular weight is 931 g/mol. The number of ether oxygens (including phenoxy) is 3. The van der Waals surface area contributed by atoms with Crippen LogP contribution in [0, 0.1) is 0 Å². The van der Waals surface area contributed by atoms with Gasteiger partial charge in [0.1, 0.15) is 13.2 Å². The molecule has 0 saturated carbocycles. The zero-order valence-corrected chi connectivity index (χ0v) is 43.6. The van der Waals surface area contributed by atoms with Gasteiger partial charge in [-0.1, -0.05) is 221 Å². The van der Waals surface area contributed by atoms with Gasteiger partial charge in [0.05, 0.1) is 0 Å². The van der Waals surface area contributed by atoms with Gasteiger partial charge in [-0.15, -0.1) is 0 Å². The molecule has 0 rings (SSSR count). The molecule has 0 bridgehead atoms. The number of hydrogen-bond acceptors (Lipinski definition) is 6. The van der Waals surface area contributed by atoms with Crippen LogP contribution in [0.2, 0.25) is 0 Å². The van der Waals surface area contributed by atoms with Gasteiger partial charge in [-0.3, -0.25) is 14.4 Å². The van der Waals surface area contributed by atoms with Crippen LogP contribution < -0.4 is 0 Å². The van der Waals surface area contributed by atoms with E-state index in [2.05, 4.69) is 118 Å². The van der Waals surface area contributed by atoms with E-state index in [1.54, 1.807) is 0 Å². The highest BCUT2D eigenvalue weighted by molar-refractivity contribution is 5.71. The van der Waals surface area contributed by atoms with E-state index in [0.717, 1.165) is 122 Å². The fraction of sp³-hybridized carbons (Fsp3) is 0.689. The molecule has 0 N–H and O–H groups in total. The first-order valence-electron chi connectivity index (χ1n) is 27.8. The summed E-state index contributed by atoms with van der Waals surface area (Å²) in [6.45, 7) is 6.37. The molecule has 6 heteroatoms. The lowest BCUT2D eigenvalue weighted by Crippen LogP contribution is -2.30. The normalized spacial score (nSPS) is 12.8. The first kappa shape index (κ1) is 63.3. The molecule has 0 aliphatic rings. The van der Waals surface area contributed by atoms with Gasteiger partial charge in [-0.05, 0) is 109 Å². The molecule has 6 nitrogen and oxygen atoms in total. The monoisotopic (exact) mass is 931 g/mol. The zero-order valence-electron chi connectivity index (χ0n) is 43.6. The van der Waals surface area contributed by atoms with Gasteiger partial charge >= 0.3 is 17.9 Å². The maximum atomic E-state index is 12.8. The number of carbonyl (C=O) groups is 3. The van der Waals surface area contributed by atoms with Gasteiger partial charge in [0, 0.05) is 19.3 Å². The third-order valence-electron chi connectivity index (χ3n) is 11.6. The van der Waals surface area contributed by atoms with Gasteiger partial charge in [0.2, 0.25) is 0 Å². The van der Waals surface area contributed by atoms with Gasteiger partial charge < -0.3 is 14.2 Å². The molecule has 0 heterocycles. The predicted molar refractivity (Wildman–Crippen MR) is 288 cm³/mol. The minimum atomic E-state index is -0.804. The predicted octanol–water partition coefficient (Wildman–Crippen LogP) is 18.5. The van der Waals surface area contributed by atoms with E-state index in [-0.39, 0.29) is 37.5 Å². The summed E-state index contributed by atoms with van der Waals surface area (Å²) in [5.41, 5.74) is 0. The Hall–Kier alpha value is -3.67. The van der Waals surface area contributed by atoms with Crippen molar-refractivity contribution < 1.29 is 28.6 Å². The highest BCUT2D eigenvalue weighted by Gasteiger charge is 2.19. The van der Waals surface area contributed by atoms with Crippen LogP contribution in [0.15, 0.2) is 97.2 Å². The highest BCUT2D eigenvalue weighted by Crippen LogP contribution is 2.14. The lowest BCUT2D eigenvalue weighted by atomic mass is 10.1. The summed E-state index contributed by atoms with van der Waals surface area (Å²) in [6, 6.07) is 0. The summed E-state index contributed by atoms with van der Waals surface area (Å²) >= 11 is 0. The fourth-order valence-corrected chi connectivity index (χ4v) is 7.46. The Morgan fingerprint density at radius 2 is 0.627 bits per heavy atom. The molecule has 0 saturated heterocycles. The Morgan fingerprint density at radius 1 is 0.328 bits per heavy atom. The Kier molecular flexibility index (Phi) is 51.9. The van der Waals surface area contributed by atoms with Gasteiger partial charge in [-0.2, -0.15) is 0 Å². The highest BCUT2D eigenvalue weighted by atomic mass is 16.6. The molecular formula is C61H102O6. The lowest BCUT2D eigenvalue weighted by molar-refractivity contribution is -0.167. The van der Waals surface area contributed by atoms with Crippen molar-refractivity contribution in [2.24, 2.45) is 0 Å². The Bertz CT molecular complexity index is 1350. The van der Waals surface area contributed by atoms with Crippen LogP contribution in [-0.4, -0.2) is 37.2 Å². The topological polar surface area (TPSA) is 78.9 Å². The summed E-state index contributed by atoms with van der Waals surface area (Å²) in [4.78, 5) is 38.1. The summed E-state index contributed by atoms with van der Waals surface area (Å²) < 4.78 is 16.8. The van der Waals surface area contributed by atoms with Crippen molar-refractivity contribution >= 4 is 17.9 Å². The Labute approximate surface area is 413 Å². The molecule has 0 amide bonds. The molecule has 1 unspecified atom stereocenters. The summed E-state index contributed by atoms with van der Waals surface area (Å²) in [6.07, 6.45) is 72.5. The second-order valence-corrected chi connectivity index (χ2v) is 18.1. The molecule has 0 aliphatic carbocycles. The van der Waals surface area contributed by atoms with E-state index < -0.39 is 6.10 Å². The van der Waals surface area contributed by atoms with Gasteiger partial charge in [0.15, 0.2) is 6.10 Å². The van der Waals surface area contributed by atoms with Crippen LogP contribution in [0.4, 0.5) is 0 Å². The molecular weight excluding hydrogens is 829 g/mol. The van der Waals surface area contributed by atoms with E-state index in [1.807, 2.05) is 0 Å². The van der Waals surface area contributed by atoms with Crippen LogP contribution in [0.1, 0.15) is 252 Å². The summed E-state index contributed by atoms with van der Waals surface area (Å²) in [5, 5.41) is 0. The maximum absolute atomic E-state index is 12.8. The third-order valence-corrected chi connectivity index (χ3v) is 11.6. The van der Waals surface area contributed by atoms with Crippen LogP contribution in [0.5, 0.6) is 0 Å². The van der Waals surface area contributed by atoms with Gasteiger partial charge in [0.25, 0.3) is 0 Å². The minimum absolute atomic E-state index is 0.0991. The van der Waals surface area contributed by atoms with Crippen LogP contribution in [-0.2, 0) is 28.6 Å². The fourth-order valence-electron chi connectivity index (χ4n) is 7.46. The van der Waals surface area contributed by atoms with Crippen molar-refractivity contribution in [3.05, 3.63) is 97.2 Å². The number of unbranched alkanes of at least 4 members (excludes halogenated alkanes) is 23. The maximum Gasteiger partial charge on any atom is 0.306 e. The van der Waals surface area contributed by atoms with E-state index in [9.17, 15) is 14.4 Å². The molecule has 67 heavy (non-hydrogen) atoms. The molecule has 0 radical (unpaired) electrons. The molecule has 0 aromatic heterocycles. The average Bonchev–Trinajstić information content (AvgIpc) is 3.33. The largest absolute Gasteiger partial charge is 0.462 e. The summed E-state index contributed by atoms with van der Waals surface area (Å²) in [7, 11) is 0. The van der Waals surface area contributed by atoms with Gasteiger partial charge in [-0.25, -0.2) is 0 Å². The van der Waals surface area contributed by atoms with Crippen molar-refractivity contribution in [1.29, 1.82) is 0 Å². The van der Waals surface area contributed by atoms with Crippen LogP contribution >= 0.6 is 0 Å².